The first-order valence-corrected chi connectivity index (χ1v) is 14.3. The Morgan fingerprint density at radius 2 is 1.79 bits per heavy atom. The van der Waals surface area contributed by atoms with E-state index in [0.717, 1.165) is 0 Å². The van der Waals surface area contributed by atoms with Crippen molar-refractivity contribution in [3.63, 3.8) is 0 Å². The van der Waals surface area contributed by atoms with Gasteiger partial charge in [-0.1, -0.05) is 30.3 Å². The van der Waals surface area contributed by atoms with Gasteiger partial charge in [0.25, 0.3) is 5.91 Å². The van der Waals surface area contributed by atoms with E-state index >= 15 is 0 Å². The van der Waals surface area contributed by atoms with E-state index in [9.17, 15) is 14.4 Å². The van der Waals surface area contributed by atoms with Crippen molar-refractivity contribution >= 4 is 17.9 Å². The van der Waals surface area contributed by atoms with Crippen molar-refractivity contribution in [3.8, 4) is 11.5 Å². The first-order valence-electron chi connectivity index (χ1n) is 14.3. The van der Waals surface area contributed by atoms with Crippen molar-refractivity contribution in [2.45, 2.75) is 32.9 Å². The maximum absolute atomic E-state index is 13.5. The lowest BCUT2D eigenvalue weighted by atomic mass is 9.93. The molecule has 0 radical (unpaired) electrons. The number of para-hydroxylation sites is 1. The van der Waals surface area contributed by atoms with Crippen LogP contribution in [-0.4, -0.2) is 78.0 Å². The zero-order chi connectivity index (χ0) is 29.6. The third-order valence-corrected chi connectivity index (χ3v) is 7.50. The van der Waals surface area contributed by atoms with E-state index in [0.29, 0.717) is 66.8 Å². The molecule has 1 aromatic heterocycles. The Morgan fingerprint density at radius 1 is 1.00 bits per heavy atom. The minimum absolute atomic E-state index is 0.0990. The number of esters is 1. The summed E-state index contributed by atoms with van der Waals surface area (Å²) >= 11 is 0. The van der Waals surface area contributed by atoms with E-state index in [-0.39, 0.29) is 24.6 Å². The van der Waals surface area contributed by atoms with Gasteiger partial charge in [0.2, 0.25) is 0 Å². The number of rotatable bonds is 9. The van der Waals surface area contributed by atoms with Crippen LogP contribution in [0.2, 0.25) is 0 Å². The number of piperazine rings is 1. The highest BCUT2D eigenvalue weighted by atomic mass is 16.5. The third kappa shape index (κ3) is 6.18. The quantitative estimate of drug-likeness (QED) is 0.367. The van der Waals surface area contributed by atoms with Crippen LogP contribution in [0.3, 0.4) is 0 Å². The van der Waals surface area contributed by atoms with Gasteiger partial charge < -0.3 is 24.1 Å². The van der Waals surface area contributed by atoms with Gasteiger partial charge >= 0.3 is 12.0 Å². The normalized spacial score (nSPS) is 19.5. The summed E-state index contributed by atoms with van der Waals surface area (Å²) in [5, 5.41) is 3.02. The molecule has 2 aliphatic rings. The number of nitrogens with one attached hydrogen (secondary N) is 1. The first-order chi connectivity index (χ1) is 20.4. The molecule has 0 saturated carbocycles. The molecule has 2 unspecified atom stereocenters. The highest BCUT2D eigenvalue weighted by Crippen LogP contribution is 2.34. The van der Waals surface area contributed by atoms with Crippen molar-refractivity contribution < 1.29 is 28.3 Å². The second-order valence-electron chi connectivity index (χ2n) is 10.3. The molecule has 1 fully saturated rings. The van der Waals surface area contributed by atoms with Gasteiger partial charge in [0.05, 0.1) is 24.5 Å². The van der Waals surface area contributed by atoms with E-state index in [1.54, 1.807) is 28.9 Å². The van der Waals surface area contributed by atoms with Crippen molar-refractivity contribution in [3.05, 3.63) is 95.6 Å². The second-order valence-corrected chi connectivity index (χ2v) is 10.3. The highest BCUT2D eigenvalue weighted by molar-refractivity contribution is 5.95. The van der Waals surface area contributed by atoms with Crippen molar-refractivity contribution in [2.75, 3.05) is 39.3 Å². The summed E-state index contributed by atoms with van der Waals surface area (Å²) in [4.78, 5) is 45.5. The number of carbonyl (C=O) groups is 3. The molecule has 1 saturated heterocycles. The summed E-state index contributed by atoms with van der Waals surface area (Å²) < 4.78 is 16.9. The van der Waals surface area contributed by atoms with Gasteiger partial charge in [-0.15, -0.1) is 0 Å². The van der Waals surface area contributed by atoms with E-state index in [2.05, 4.69) is 10.2 Å². The minimum Gasteiger partial charge on any atom is -0.463 e. The lowest BCUT2D eigenvalue weighted by Gasteiger charge is -2.42. The molecule has 3 heterocycles. The SMILES string of the molecule is CCOC(=O)C1=C(CN2CCN(C(=O)c3ccco3)C(C)C2)N(CC)C(=O)NC1c1cccc(Oc2ccccc2)c1. The Bertz CT molecular complexity index is 1440. The van der Waals surface area contributed by atoms with E-state index in [1.165, 1.54) is 6.26 Å². The number of hydrogen-bond acceptors (Lipinski definition) is 7. The van der Waals surface area contributed by atoms with Crippen LogP contribution in [0.15, 0.2) is 88.7 Å². The molecule has 42 heavy (non-hydrogen) atoms. The molecule has 5 rings (SSSR count). The molecule has 10 nitrogen and oxygen atoms in total. The van der Waals surface area contributed by atoms with Crippen molar-refractivity contribution in [1.82, 2.24) is 20.0 Å². The predicted octanol–water partition coefficient (Wildman–Crippen LogP) is 4.82. The fourth-order valence-electron chi connectivity index (χ4n) is 5.52. The van der Waals surface area contributed by atoms with Crippen molar-refractivity contribution in [1.29, 1.82) is 0 Å². The van der Waals surface area contributed by atoms with Gasteiger partial charge in [-0.3, -0.25) is 14.6 Å². The van der Waals surface area contributed by atoms with Gasteiger partial charge in [-0.05, 0) is 62.7 Å². The largest absolute Gasteiger partial charge is 0.463 e. The Labute approximate surface area is 245 Å². The van der Waals surface area contributed by atoms with Gasteiger partial charge in [0.15, 0.2) is 5.76 Å². The number of carbonyl (C=O) groups excluding carboxylic acids is 3. The van der Waals surface area contributed by atoms with Crippen LogP contribution in [0.4, 0.5) is 4.79 Å². The van der Waals surface area contributed by atoms with Gasteiger partial charge in [-0.2, -0.15) is 0 Å². The lowest BCUT2D eigenvalue weighted by Crippen LogP contribution is -2.56. The van der Waals surface area contributed by atoms with Crippen LogP contribution in [0.25, 0.3) is 0 Å². The van der Waals surface area contributed by atoms with Crippen LogP contribution in [0, 0.1) is 0 Å². The molecule has 220 valence electrons. The maximum Gasteiger partial charge on any atom is 0.338 e. The smallest absolute Gasteiger partial charge is 0.338 e. The Hall–Kier alpha value is -4.57. The van der Waals surface area contributed by atoms with Crippen LogP contribution < -0.4 is 10.1 Å². The number of amides is 3. The number of likely N-dealkylation sites (N-methyl/N-ethyl adjacent to an activating group) is 1. The molecule has 3 amide bonds. The number of ether oxygens (including phenoxy) is 2. The van der Waals surface area contributed by atoms with Gasteiger partial charge in [0, 0.05) is 44.5 Å². The third-order valence-electron chi connectivity index (χ3n) is 7.50. The molecule has 0 spiro atoms. The number of nitrogens with zero attached hydrogens (tertiary/aromatic N) is 3. The summed E-state index contributed by atoms with van der Waals surface area (Å²) in [6, 6.07) is 19.0. The predicted molar refractivity (Wildman–Crippen MR) is 156 cm³/mol. The van der Waals surface area contributed by atoms with Crippen LogP contribution in [0.5, 0.6) is 11.5 Å². The molecular formula is C32H36N4O6. The molecule has 0 aliphatic carbocycles. The summed E-state index contributed by atoms with van der Waals surface area (Å²) in [7, 11) is 0. The van der Waals surface area contributed by atoms with Crippen LogP contribution >= 0.6 is 0 Å². The highest BCUT2D eigenvalue weighted by Gasteiger charge is 2.39. The van der Waals surface area contributed by atoms with E-state index < -0.39 is 12.0 Å². The zero-order valence-electron chi connectivity index (χ0n) is 24.1. The average Bonchev–Trinajstić information content (AvgIpc) is 3.53. The monoisotopic (exact) mass is 572 g/mol. The molecule has 1 N–H and O–H groups in total. The maximum atomic E-state index is 13.5. The molecule has 2 aliphatic heterocycles. The van der Waals surface area contributed by atoms with Crippen LogP contribution in [0.1, 0.15) is 42.9 Å². The Balaban J connectivity index is 1.45. The number of urea groups is 1. The first kappa shape index (κ1) is 28.9. The lowest BCUT2D eigenvalue weighted by molar-refractivity contribution is -0.139. The molecular weight excluding hydrogens is 536 g/mol. The summed E-state index contributed by atoms with van der Waals surface area (Å²) in [6.07, 6.45) is 1.49. The number of benzene rings is 2. The summed E-state index contributed by atoms with van der Waals surface area (Å²) in [6.45, 7) is 8.17. The zero-order valence-corrected chi connectivity index (χ0v) is 24.1. The number of furan rings is 1. The fraction of sp³-hybridized carbons (Fsp3) is 0.344. The summed E-state index contributed by atoms with van der Waals surface area (Å²) in [5.74, 6) is 0.945. The average molecular weight is 573 g/mol. The van der Waals surface area contributed by atoms with Crippen LogP contribution in [-0.2, 0) is 9.53 Å². The molecule has 2 atom stereocenters. The second kappa shape index (κ2) is 12.9. The van der Waals surface area contributed by atoms with Gasteiger partial charge in [-0.25, -0.2) is 9.59 Å². The molecule has 10 heteroatoms. The van der Waals surface area contributed by atoms with Gasteiger partial charge in [0.1, 0.15) is 11.5 Å². The molecule has 3 aromatic rings. The Morgan fingerprint density at radius 3 is 2.48 bits per heavy atom. The standard InChI is InChI=1S/C32H36N4O6/c1-4-35-26(21-34-16-17-36(22(3)20-34)30(37)27-15-10-18-41-27)28(31(38)40-5-2)29(33-32(35)39)23-11-9-14-25(19-23)42-24-12-7-6-8-13-24/h6-15,18-19,22,29H,4-5,16-17,20-21H2,1-3H3,(H,33,39). The summed E-state index contributed by atoms with van der Waals surface area (Å²) in [5.41, 5.74) is 1.68. The molecule has 0 bridgehead atoms. The number of hydrogen-bond donors (Lipinski definition) is 1. The topological polar surface area (TPSA) is 105 Å². The minimum atomic E-state index is -0.729. The van der Waals surface area contributed by atoms with E-state index in [1.807, 2.05) is 68.4 Å². The van der Waals surface area contributed by atoms with Crippen molar-refractivity contribution in [2.24, 2.45) is 0 Å². The Kier molecular flexibility index (Phi) is 8.92. The molecule has 2 aromatic carbocycles. The van der Waals surface area contributed by atoms with E-state index in [4.69, 9.17) is 13.9 Å². The fourth-order valence-corrected chi connectivity index (χ4v) is 5.52.